The van der Waals surface area contributed by atoms with Gasteiger partial charge in [-0.05, 0) is 31.5 Å². The zero-order valence-electron chi connectivity index (χ0n) is 17.6. The molecular weight excluding hydrogens is 442 g/mol. The largest absolute Gasteiger partial charge is 0.486 e. The summed E-state index contributed by atoms with van der Waals surface area (Å²) in [5.74, 6) is -1.30. The third-order valence-corrected chi connectivity index (χ3v) is 5.17. The van der Waals surface area contributed by atoms with E-state index >= 15 is 0 Å². The minimum Gasteiger partial charge on any atom is -0.486 e. The number of nitrogens with two attached hydrogens (primary N) is 1. The Morgan fingerprint density at radius 2 is 2.06 bits per heavy atom. The van der Waals surface area contributed by atoms with Gasteiger partial charge in [0, 0.05) is 12.3 Å². The molecule has 0 radical (unpaired) electrons. The van der Waals surface area contributed by atoms with Crippen molar-refractivity contribution in [2.75, 3.05) is 19.8 Å². The van der Waals surface area contributed by atoms with Crippen LogP contribution in [0.1, 0.15) is 24.2 Å². The van der Waals surface area contributed by atoms with Gasteiger partial charge >= 0.3 is 11.7 Å². The third kappa shape index (κ3) is 5.10. The minimum atomic E-state index is -1.49. The number of esters is 1. The Balaban J connectivity index is 1.80. The SMILES string of the molecule is Cc1ccc(COc2cc3oc(=O)n(C(C)C(=O)OCC(N)(CO)CO)c3cc2Cl)nc1. The van der Waals surface area contributed by atoms with Crippen LogP contribution in [0.5, 0.6) is 5.75 Å². The van der Waals surface area contributed by atoms with Crippen molar-refractivity contribution < 1.29 is 28.9 Å². The van der Waals surface area contributed by atoms with E-state index in [9.17, 15) is 19.8 Å². The summed E-state index contributed by atoms with van der Waals surface area (Å²) in [7, 11) is 0. The van der Waals surface area contributed by atoms with Crippen LogP contribution in [-0.2, 0) is 16.1 Å². The number of hydrogen-bond donors (Lipinski definition) is 3. The van der Waals surface area contributed by atoms with Crippen LogP contribution in [-0.4, -0.2) is 51.1 Å². The van der Waals surface area contributed by atoms with Crippen LogP contribution >= 0.6 is 11.6 Å². The maximum absolute atomic E-state index is 12.4. The summed E-state index contributed by atoms with van der Waals surface area (Å²) in [6.45, 7) is 1.93. The molecule has 0 aliphatic heterocycles. The Morgan fingerprint density at radius 3 is 2.69 bits per heavy atom. The van der Waals surface area contributed by atoms with Crippen LogP contribution in [0.4, 0.5) is 0 Å². The van der Waals surface area contributed by atoms with E-state index in [4.69, 9.17) is 31.2 Å². The fraction of sp³-hybridized carbons (Fsp3) is 0.381. The lowest BCUT2D eigenvalue weighted by atomic mass is 10.1. The smallest absolute Gasteiger partial charge is 0.420 e. The highest BCUT2D eigenvalue weighted by Gasteiger charge is 2.29. The normalized spacial score (nSPS) is 12.7. The fourth-order valence-corrected chi connectivity index (χ4v) is 3.04. The van der Waals surface area contributed by atoms with Crippen molar-refractivity contribution in [1.29, 1.82) is 0 Å². The molecule has 0 saturated carbocycles. The van der Waals surface area contributed by atoms with E-state index < -0.39 is 43.1 Å². The van der Waals surface area contributed by atoms with E-state index in [1.807, 2.05) is 19.1 Å². The molecule has 3 aromatic rings. The number of halogens is 1. The van der Waals surface area contributed by atoms with Gasteiger partial charge in [0.1, 0.15) is 25.0 Å². The molecule has 10 nitrogen and oxygen atoms in total. The van der Waals surface area contributed by atoms with Gasteiger partial charge in [-0.25, -0.2) is 9.59 Å². The van der Waals surface area contributed by atoms with Gasteiger partial charge in [0.15, 0.2) is 5.58 Å². The van der Waals surface area contributed by atoms with Crippen molar-refractivity contribution in [3.63, 3.8) is 0 Å². The number of benzene rings is 1. The first kappa shape index (κ1) is 23.7. The predicted octanol–water partition coefficient (Wildman–Crippen LogP) is 1.32. The van der Waals surface area contributed by atoms with Crippen LogP contribution in [0.15, 0.2) is 39.7 Å². The average molecular weight is 466 g/mol. The maximum atomic E-state index is 12.4. The van der Waals surface area contributed by atoms with Crippen LogP contribution in [0, 0.1) is 6.92 Å². The van der Waals surface area contributed by atoms with Crippen LogP contribution in [0.25, 0.3) is 11.1 Å². The molecule has 0 saturated heterocycles. The molecule has 172 valence electrons. The molecule has 1 unspecified atom stereocenters. The highest BCUT2D eigenvalue weighted by atomic mass is 35.5. The van der Waals surface area contributed by atoms with Crippen LogP contribution < -0.4 is 16.2 Å². The molecule has 0 aliphatic carbocycles. The lowest BCUT2D eigenvalue weighted by molar-refractivity contribution is -0.150. The zero-order chi connectivity index (χ0) is 23.5. The second-order valence-electron chi connectivity index (χ2n) is 7.57. The number of rotatable bonds is 9. The van der Waals surface area contributed by atoms with Crippen LogP contribution in [0.2, 0.25) is 5.02 Å². The number of hydrogen-bond acceptors (Lipinski definition) is 9. The average Bonchev–Trinajstić information content (AvgIpc) is 3.10. The summed E-state index contributed by atoms with van der Waals surface area (Å²) in [6.07, 6.45) is 1.72. The number of carbonyl (C=O) groups is 1. The van der Waals surface area contributed by atoms with Gasteiger partial charge in [0.05, 0.1) is 35.0 Å². The Kier molecular flexibility index (Phi) is 7.19. The van der Waals surface area contributed by atoms with Crippen molar-refractivity contribution in [2.45, 2.75) is 32.0 Å². The number of fused-ring (bicyclic) bond motifs is 1. The lowest BCUT2D eigenvalue weighted by Crippen LogP contribution is -2.52. The van der Waals surface area contributed by atoms with Gasteiger partial charge in [-0.1, -0.05) is 17.7 Å². The van der Waals surface area contributed by atoms with Crippen molar-refractivity contribution in [1.82, 2.24) is 9.55 Å². The molecule has 0 bridgehead atoms. The number of aliphatic hydroxyl groups is 2. The lowest BCUT2D eigenvalue weighted by Gasteiger charge is -2.24. The molecule has 11 heteroatoms. The molecule has 2 heterocycles. The summed E-state index contributed by atoms with van der Waals surface area (Å²) in [4.78, 5) is 29.1. The molecule has 0 aliphatic rings. The van der Waals surface area contributed by atoms with E-state index in [1.54, 1.807) is 6.20 Å². The van der Waals surface area contributed by atoms with Crippen molar-refractivity contribution in [2.24, 2.45) is 5.73 Å². The number of oxazole rings is 1. The summed E-state index contributed by atoms with van der Waals surface area (Å²) in [5, 5.41) is 18.6. The fourth-order valence-electron chi connectivity index (χ4n) is 2.83. The summed E-state index contributed by atoms with van der Waals surface area (Å²) < 4.78 is 17.1. The Labute approximate surface area is 188 Å². The topological polar surface area (TPSA) is 150 Å². The maximum Gasteiger partial charge on any atom is 0.420 e. The summed E-state index contributed by atoms with van der Waals surface area (Å²) >= 11 is 6.33. The zero-order valence-corrected chi connectivity index (χ0v) is 18.3. The second-order valence-corrected chi connectivity index (χ2v) is 7.97. The first-order chi connectivity index (χ1) is 15.2. The van der Waals surface area contributed by atoms with E-state index in [2.05, 4.69) is 4.98 Å². The number of nitrogens with zero attached hydrogens (tertiary/aromatic N) is 2. The number of aromatic nitrogens is 2. The van der Waals surface area contributed by atoms with Gasteiger partial charge < -0.3 is 29.8 Å². The minimum absolute atomic E-state index is 0.162. The van der Waals surface area contributed by atoms with Crippen LogP contribution in [0.3, 0.4) is 0 Å². The van der Waals surface area contributed by atoms with Gasteiger partial charge in [-0.15, -0.1) is 0 Å². The summed E-state index contributed by atoms with van der Waals surface area (Å²) in [6, 6.07) is 5.58. The first-order valence-electron chi connectivity index (χ1n) is 9.73. The Hall–Kier alpha value is -2.92. The molecule has 0 spiro atoms. The van der Waals surface area contributed by atoms with E-state index in [-0.39, 0.29) is 28.5 Å². The third-order valence-electron chi connectivity index (χ3n) is 4.88. The highest BCUT2D eigenvalue weighted by molar-refractivity contribution is 6.32. The Morgan fingerprint density at radius 1 is 1.34 bits per heavy atom. The molecule has 1 aromatic carbocycles. The number of carbonyl (C=O) groups excluding carboxylic acids is 1. The molecular formula is C21H24ClN3O7. The number of aryl methyl sites for hydroxylation is 1. The number of aliphatic hydroxyl groups excluding tert-OH is 2. The number of ether oxygens (including phenoxy) is 2. The number of pyridine rings is 1. The molecule has 0 fully saturated rings. The van der Waals surface area contributed by atoms with Crippen molar-refractivity contribution in [3.05, 3.63) is 57.3 Å². The summed E-state index contributed by atoms with van der Waals surface area (Å²) in [5.41, 5.74) is 6.38. The van der Waals surface area contributed by atoms with E-state index in [0.717, 1.165) is 10.1 Å². The van der Waals surface area contributed by atoms with Crippen molar-refractivity contribution >= 4 is 28.7 Å². The first-order valence-corrected chi connectivity index (χ1v) is 10.1. The monoisotopic (exact) mass is 465 g/mol. The molecule has 1 atom stereocenters. The molecule has 32 heavy (non-hydrogen) atoms. The van der Waals surface area contributed by atoms with Gasteiger partial charge in [0.25, 0.3) is 0 Å². The van der Waals surface area contributed by atoms with E-state index in [0.29, 0.717) is 5.69 Å². The van der Waals surface area contributed by atoms with E-state index in [1.165, 1.54) is 19.1 Å². The molecule has 4 N–H and O–H groups in total. The molecule has 0 amide bonds. The van der Waals surface area contributed by atoms with Gasteiger partial charge in [-0.2, -0.15) is 0 Å². The predicted molar refractivity (Wildman–Crippen MR) is 116 cm³/mol. The van der Waals surface area contributed by atoms with Crippen molar-refractivity contribution in [3.8, 4) is 5.75 Å². The van der Waals surface area contributed by atoms with Gasteiger partial charge in [0.2, 0.25) is 0 Å². The molecule has 3 rings (SSSR count). The molecule has 2 aromatic heterocycles. The standard InChI is InChI=1S/C21H24ClN3O7/c1-12-3-4-14(24-7-12)8-30-17-6-18-16(5-15(17)22)25(20(29)32-18)13(2)19(28)31-11-21(23,9-26)10-27/h3-7,13,26-27H,8-11,23H2,1-2H3. The van der Waals surface area contributed by atoms with Gasteiger partial charge in [-0.3, -0.25) is 9.55 Å². The quantitative estimate of drug-likeness (QED) is 0.397. The second kappa shape index (κ2) is 9.70. The Bertz CT molecular complexity index is 1150. The highest BCUT2D eigenvalue weighted by Crippen LogP contribution is 2.31.